The van der Waals surface area contributed by atoms with E-state index in [1.54, 1.807) is 18.2 Å². The number of carbonyl (C=O) groups is 2. The Morgan fingerprint density at radius 3 is 2.53 bits per heavy atom. The van der Waals surface area contributed by atoms with E-state index in [0.29, 0.717) is 36.3 Å². The topological polar surface area (TPSA) is 124 Å². The Bertz CT molecular complexity index is 431. The molecule has 1 aromatic rings. The van der Waals surface area contributed by atoms with Crippen molar-refractivity contribution < 1.29 is 9.59 Å². The molecule has 1 rings (SSSR count). The minimum atomic E-state index is -0.509. The first-order valence-corrected chi connectivity index (χ1v) is 5.22. The number of rotatable bonds is 6. The van der Waals surface area contributed by atoms with Gasteiger partial charge in [-0.3, -0.25) is 9.59 Å². The van der Waals surface area contributed by atoms with E-state index in [4.69, 9.17) is 17.2 Å². The molecule has 0 radical (unpaired) electrons. The molecule has 0 saturated carbocycles. The van der Waals surface area contributed by atoms with Crippen LogP contribution in [0.5, 0.6) is 0 Å². The third kappa shape index (κ3) is 4.02. The molecule has 6 nitrogen and oxygen atoms in total. The number of primary amides is 2. The largest absolute Gasteiger partial charge is 0.397 e. The summed E-state index contributed by atoms with van der Waals surface area (Å²) < 4.78 is 0. The Balaban J connectivity index is 2.60. The van der Waals surface area contributed by atoms with Gasteiger partial charge in [0.05, 0.1) is 11.4 Å². The lowest BCUT2D eigenvalue weighted by Crippen LogP contribution is -2.14. The van der Waals surface area contributed by atoms with Gasteiger partial charge in [-0.25, -0.2) is 0 Å². The average Bonchev–Trinajstić information content (AvgIpc) is 2.25. The molecule has 0 unspecified atom stereocenters. The molecule has 17 heavy (non-hydrogen) atoms. The van der Waals surface area contributed by atoms with Gasteiger partial charge in [0.2, 0.25) is 11.8 Å². The molecular formula is C11H16N4O2. The Kier molecular flexibility index (Phi) is 4.33. The van der Waals surface area contributed by atoms with Gasteiger partial charge in [0.25, 0.3) is 0 Å². The first-order valence-electron chi connectivity index (χ1n) is 5.22. The zero-order valence-corrected chi connectivity index (χ0v) is 9.40. The molecule has 0 saturated heterocycles. The molecule has 0 aliphatic heterocycles. The van der Waals surface area contributed by atoms with Gasteiger partial charge >= 0.3 is 0 Å². The number of amides is 2. The normalized spacial score (nSPS) is 9.88. The Morgan fingerprint density at radius 1 is 1.24 bits per heavy atom. The number of nitrogen functional groups attached to an aromatic ring is 1. The zero-order chi connectivity index (χ0) is 12.8. The summed E-state index contributed by atoms with van der Waals surface area (Å²) in [4.78, 5) is 21.5. The van der Waals surface area contributed by atoms with Crippen molar-refractivity contribution in [1.29, 1.82) is 0 Å². The highest BCUT2D eigenvalue weighted by Crippen LogP contribution is 2.19. The summed E-state index contributed by atoms with van der Waals surface area (Å²) in [6.45, 7) is 0.551. The lowest BCUT2D eigenvalue weighted by atomic mass is 10.1. The Morgan fingerprint density at radius 2 is 1.94 bits per heavy atom. The van der Waals surface area contributed by atoms with Crippen molar-refractivity contribution in [2.24, 2.45) is 11.5 Å². The van der Waals surface area contributed by atoms with E-state index >= 15 is 0 Å². The molecule has 1 aromatic carbocycles. The molecule has 0 aliphatic rings. The van der Waals surface area contributed by atoms with Gasteiger partial charge in [-0.2, -0.15) is 0 Å². The predicted octanol–water partition coefficient (Wildman–Crippen LogP) is 0.0451. The van der Waals surface area contributed by atoms with Gasteiger partial charge in [-0.1, -0.05) is 0 Å². The van der Waals surface area contributed by atoms with Crippen molar-refractivity contribution in [2.45, 2.75) is 12.8 Å². The van der Waals surface area contributed by atoms with E-state index in [9.17, 15) is 9.59 Å². The van der Waals surface area contributed by atoms with E-state index in [0.717, 1.165) is 0 Å². The second-order valence-corrected chi connectivity index (χ2v) is 3.66. The Hall–Kier alpha value is -2.24. The molecule has 7 N–H and O–H groups in total. The second kappa shape index (κ2) is 5.74. The standard InChI is InChI=1S/C11H16N4O2/c12-8-4-3-7(11(14)17)6-9(8)15-5-1-2-10(13)16/h3-4,6,15H,1-2,5,12H2,(H2,13,16)(H2,14,17). The van der Waals surface area contributed by atoms with Crippen LogP contribution in [-0.2, 0) is 4.79 Å². The molecule has 0 heterocycles. The van der Waals surface area contributed by atoms with Crippen molar-refractivity contribution in [2.75, 3.05) is 17.6 Å². The van der Waals surface area contributed by atoms with Gasteiger partial charge < -0.3 is 22.5 Å². The van der Waals surface area contributed by atoms with Crippen LogP contribution in [-0.4, -0.2) is 18.4 Å². The van der Waals surface area contributed by atoms with Crippen molar-refractivity contribution >= 4 is 23.2 Å². The minimum Gasteiger partial charge on any atom is -0.397 e. The second-order valence-electron chi connectivity index (χ2n) is 3.66. The van der Waals surface area contributed by atoms with E-state index in [1.165, 1.54) is 0 Å². The highest BCUT2D eigenvalue weighted by Gasteiger charge is 2.04. The molecule has 92 valence electrons. The number of hydrogen-bond acceptors (Lipinski definition) is 4. The van der Waals surface area contributed by atoms with Crippen molar-refractivity contribution in [3.05, 3.63) is 23.8 Å². The van der Waals surface area contributed by atoms with E-state index < -0.39 is 5.91 Å². The maximum absolute atomic E-state index is 11.0. The van der Waals surface area contributed by atoms with Gasteiger partial charge in [0.15, 0.2) is 0 Å². The van der Waals surface area contributed by atoms with Crippen LogP contribution in [0.4, 0.5) is 11.4 Å². The molecule has 0 fully saturated rings. The third-order valence-corrected chi connectivity index (χ3v) is 2.25. The number of benzene rings is 1. The fourth-order valence-electron chi connectivity index (χ4n) is 1.35. The summed E-state index contributed by atoms with van der Waals surface area (Å²) in [7, 11) is 0. The first kappa shape index (κ1) is 12.8. The smallest absolute Gasteiger partial charge is 0.248 e. The van der Waals surface area contributed by atoms with Crippen LogP contribution in [0, 0.1) is 0 Å². The third-order valence-electron chi connectivity index (χ3n) is 2.25. The van der Waals surface area contributed by atoms with Crippen LogP contribution in [0.2, 0.25) is 0 Å². The van der Waals surface area contributed by atoms with Crippen molar-refractivity contribution in [3.8, 4) is 0 Å². The summed E-state index contributed by atoms with van der Waals surface area (Å²) in [5.41, 5.74) is 17.4. The molecule has 0 aromatic heterocycles. The highest BCUT2D eigenvalue weighted by molar-refractivity contribution is 5.94. The summed E-state index contributed by atoms with van der Waals surface area (Å²) in [6.07, 6.45) is 0.915. The zero-order valence-electron chi connectivity index (χ0n) is 9.40. The number of nitrogens with one attached hydrogen (secondary N) is 1. The quantitative estimate of drug-likeness (QED) is 0.411. The minimum absolute atomic E-state index is 0.308. The number of anilines is 2. The number of carbonyl (C=O) groups excluding carboxylic acids is 2. The molecule has 0 spiro atoms. The average molecular weight is 236 g/mol. The predicted molar refractivity (Wildman–Crippen MR) is 66.3 cm³/mol. The number of nitrogens with two attached hydrogens (primary N) is 3. The van der Waals surface area contributed by atoms with Crippen molar-refractivity contribution in [3.63, 3.8) is 0 Å². The first-order chi connectivity index (χ1) is 8.00. The van der Waals surface area contributed by atoms with Gasteiger partial charge in [-0.15, -0.1) is 0 Å². The fraction of sp³-hybridized carbons (Fsp3) is 0.273. The summed E-state index contributed by atoms with van der Waals surface area (Å²) >= 11 is 0. The van der Waals surface area contributed by atoms with Crippen LogP contribution in [0.15, 0.2) is 18.2 Å². The lowest BCUT2D eigenvalue weighted by Gasteiger charge is -2.09. The molecule has 0 bridgehead atoms. The van der Waals surface area contributed by atoms with E-state index in [1.807, 2.05) is 0 Å². The van der Waals surface area contributed by atoms with Crippen molar-refractivity contribution in [1.82, 2.24) is 0 Å². The van der Waals surface area contributed by atoms with Gasteiger partial charge in [0, 0.05) is 18.5 Å². The monoisotopic (exact) mass is 236 g/mol. The Labute approximate surface area is 99.1 Å². The highest BCUT2D eigenvalue weighted by atomic mass is 16.1. The van der Waals surface area contributed by atoms with Gasteiger partial charge in [-0.05, 0) is 24.6 Å². The maximum atomic E-state index is 11.0. The van der Waals surface area contributed by atoms with Crippen LogP contribution >= 0.6 is 0 Å². The van der Waals surface area contributed by atoms with Crippen LogP contribution in [0.25, 0.3) is 0 Å². The molecule has 0 atom stereocenters. The SMILES string of the molecule is NC(=O)CCCNc1cc(C(N)=O)ccc1N. The fourth-order valence-corrected chi connectivity index (χ4v) is 1.35. The van der Waals surface area contributed by atoms with Crippen LogP contribution < -0.4 is 22.5 Å². The molecule has 2 amide bonds. The van der Waals surface area contributed by atoms with Crippen LogP contribution in [0.1, 0.15) is 23.2 Å². The lowest BCUT2D eigenvalue weighted by molar-refractivity contribution is -0.118. The molecule has 6 heteroatoms. The van der Waals surface area contributed by atoms with Crippen LogP contribution in [0.3, 0.4) is 0 Å². The van der Waals surface area contributed by atoms with E-state index in [2.05, 4.69) is 5.32 Å². The molecule has 0 aliphatic carbocycles. The number of hydrogen-bond donors (Lipinski definition) is 4. The maximum Gasteiger partial charge on any atom is 0.248 e. The summed E-state index contributed by atoms with van der Waals surface area (Å²) in [6, 6.07) is 4.75. The molecular weight excluding hydrogens is 220 g/mol. The summed E-state index contributed by atoms with van der Waals surface area (Å²) in [5.74, 6) is -0.851. The van der Waals surface area contributed by atoms with Gasteiger partial charge in [0.1, 0.15) is 0 Å². The summed E-state index contributed by atoms with van der Waals surface area (Å²) in [5, 5.41) is 3.02. The van der Waals surface area contributed by atoms with E-state index in [-0.39, 0.29) is 5.91 Å².